The smallest absolute Gasteiger partial charge is 0.161 e. The van der Waals surface area contributed by atoms with Gasteiger partial charge in [0.1, 0.15) is 5.82 Å². The van der Waals surface area contributed by atoms with E-state index in [0.717, 1.165) is 24.4 Å². The number of aromatic amines is 1. The molecule has 0 aliphatic rings. The molecule has 2 rings (SSSR count). The standard InChI is InChI=1S/C12H14F2N2/c1-4-12(2,3)11-15-9-5-7(13)8(14)6-10(9)16-11/h5-6H,4H2,1-3H3,(H,15,16). The molecule has 2 aromatic rings. The van der Waals surface area contributed by atoms with Gasteiger partial charge in [-0.05, 0) is 6.42 Å². The largest absolute Gasteiger partial charge is 0.341 e. The summed E-state index contributed by atoms with van der Waals surface area (Å²) >= 11 is 0. The molecule has 1 N–H and O–H groups in total. The van der Waals surface area contributed by atoms with Crippen molar-refractivity contribution in [3.63, 3.8) is 0 Å². The molecule has 0 unspecified atom stereocenters. The Morgan fingerprint density at radius 3 is 2.50 bits per heavy atom. The molecular formula is C12H14F2N2. The van der Waals surface area contributed by atoms with Gasteiger partial charge in [0.05, 0.1) is 11.0 Å². The molecule has 0 saturated carbocycles. The quantitative estimate of drug-likeness (QED) is 0.830. The predicted molar refractivity (Wildman–Crippen MR) is 59.3 cm³/mol. The average Bonchev–Trinajstić information content (AvgIpc) is 2.62. The highest BCUT2D eigenvalue weighted by atomic mass is 19.2. The highest BCUT2D eigenvalue weighted by Crippen LogP contribution is 2.26. The van der Waals surface area contributed by atoms with E-state index < -0.39 is 11.6 Å². The molecule has 0 fully saturated rings. The van der Waals surface area contributed by atoms with Crippen LogP contribution in [-0.4, -0.2) is 9.97 Å². The van der Waals surface area contributed by atoms with E-state index in [1.807, 2.05) is 20.8 Å². The van der Waals surface area contributed by atoms with E-state index in [1.54, 1.807) is 0 Å². The molecule has 0 aliphatic carbocycles. The van der Waals surface area contributed by atoms with E-state index >= 15 is 0 Å². The summed E-state index contributed by atoms with van der Waals surface area (Å²) in [6.45, 7) is 6.13. The van der Waals surface area contributed by atoms with Gasteiger partial charge in [-0.1, -0.05) is 20.8 Å². The summed E-state index contributed by atoms with van der Waals surface area (Å²) in [5.41, 5.74) is 0.886. The number of hydrogen-bond donors (Lipinski definition) is 1. The van der Waals surface area contributed by atoms with Gasteiger partial charge in [0, 0.05) is 17.5 Å². The number of nitrogens with one attached hydrogen (secondary N) is 1. The first-order valence-electron chi connectivity index (χ1n) is 5.29. The molecule has 0 radical (unpaired) electrons. The van der Waals surface area contributed by atoms with Gasteiger partial charge in [-0.2, -0.15) is 0 Å². The second-order valence-electron chi connectivity index (χ2n) is 4.61. The lowest BCUT2D eigenvalue weighted by atomic mass is 9.90. The van der Waals surface area contributed by atoms with Gasteiger partial charge in [0.15, 0.2) is 11.6 Å². The van der Waals surface area contributed by atoms with Gasteiger partial charge in [-0.15, -0.1) is 0 Å². The lowest BCUT2D eigenvalue weighted by molar-refractivity contribution is 0.479. The lowest BCUT2D eigenvalue weighted by Gasteiger charge is -2.18. The lowest BCUT2D eigenvalue weighted by Crippen LogP contribution is -2.17. The van der Waals surface area contributed by atoms with Crippen LogP contribution in [0.2, 0.25) is 0 Å². The third kappa shape index (κ3) is 1.68. The second-order valence-corrected chi connectivity index (χ2v) is 4.61. The van der Waals surface area contributed by atoms with E-state index in [2.05, 4.69) is 9.97 Å². The number of H-pyrrole nitrogens is 1. The van der Waals surface area contributed by atoms with Gasteiger partial charge >= 0.3 is 0 Å². The molecule has 4 heteroatoms. The number of rotatable bonds is 2. The summed E-state index contributed by atoms with van der Waals surface area (Å²) in [5, 5.41) is 0. The number of halogens is 2. The van der Waals surface area contributed by atoms with Crippen molar-refractivity contribution in [2.45, 2.75) is 32.6 Å². The van der Waals surface area contributed by atoms with Crippen LogP contribution in [0.1, 0.15) is 33.0 Å². The number of imidazole rings is 1. The second kappa shape index (κ2) is 3.54. The maximum absolute atomic E-state index is 13.0. The molecule has 0 spiro atoms. The first kappa shape index (κ1) is 11.0. The molecule has 0 aliphatic heterocycles. The summed E-state index contributed by atoms with van der Waals surface area (Å²) < 4.78 is 26.0. The molecule has 1 aromatic heterocycles. The molecule has 0 saturated heterocycles. The maximum atomic E-state index is 13.0. The molecule has 2 nitrogen and oxygen atoms in total. The number of benzene rings is 1. The van der Waals surface area contributed by atoms with Crippen molar-refractivity contribution in [1.29, 1.82) is 0 Å². The summed E-state index contributed by atoms with van der Waals surface area (Å²) in [4.78, 5) is 7.33. The Bertz CT molecular complexity index is 490. The van der Waals surface area contributed by atoms with Crippen LogP contribution >= 0.6 is 0 Å². The monoisotopic (exact) mass is 224 g/mol. The fraction of sp³-hybridized carbons (Fsp3) is 0.417. The van der Waals surface area contributed by atoms with Crippen molar-refractivity contribution in [2.24, 2.45) is 0 Å². The molecule has 86 valence electrons. The fourth-order valence-corrected chi connectivity index (χ4v) is 1.49. The number of hydrogen-bond acceptors (Lipinski definition) is 1. The molecule has 1 aromatic carbocycles. The normalized spacial score (nSPS) is 12.3. The zero-order valence-electron chi connectivity index (χ0n) is 9.56. The van der Waals surface area contributed by atoms with E-state index in [9.17, 15) is 8.78 Å². The van der Waals surface area contributed by atoms with Crippen LogP contribution in [0, 0.1) is 11.6 Å². The maximum Gasteiger partial charge on any atom is 0.161 e. The van der Waals surface area contributed by atoms with Crippen LogP contribution in [0.25, 0.3) is 11.0 Å². The zero-order chi connectivity index (χ0) is 11.9. The molecular weight excluding hydrogens is 210 g/mol. The summed E-state index contributed by atoms with van der Waals surface area (Å²) in [6, 6.07) is 2.27. The first-order valence-corrected chi connectivity index (χ1v) is 5.29. The third-order valence-electron chi connectivity index (χ3n) is 3.05. The average molecular weight is 224 g/mol. The van der Waals surface area contributed by atoms with E-state index in [0.29, 0.717) is 11.0 Å². The summed E-state index contributed by atoms with van der Waals surface area (Å²) in [7, 11) is 0. The zero-order valence-corrected chi connectivity index (χ0v) is 9.56. The van der Waals surface area contributed by atoms with Crippen LogP contribution in [0.3, 0.4) is 0 Å². The van der Waals surface area contributed by atoms with Crippen molar-refractivity contribution in [1.82, 2.24) is 9.97 Å². The van der Waals surface area contributed by atoms with Crippen LogP contribution in [0.15, 0.2) is 12.1 Å². The van der Waals surface area contributed by atoms with E-state index in [-0.39, 0.29) is 5.41 Å². The molecule has 0 atom stereocenters. The highest BCUT2D eigenvalue weighted by Gasteiger charge is 2.22. The van der Waals surface area contributed by atoms with Crippen molar-refractivity contribution >= 4 is 11.0 Å². The SMILES string of the molecule is CCC(C)(C)c1nc2cc(F)c(F)cc2[nH]1. The van der Waals surface area contributed by atoms with E-state index in [1.165, 1.54) is 0 Å². The summed E-state index contributed by atoms with van der Waals surface area (Å²) in [6.07, 6.45) is 0.901. The van der Waals surface area contributed by atoms with Crippen LogP contribution in [0.5, 0.6) is 0 Å². The number of nitrogens with zero attached hydrogens (tertiary/aromatic N) is 1. The minimum Gasteiger partial charge on any atom is -0.341 e. The van der Waals surface area contributed by atoms with Crippen LogP contribution in [-0.2, 0) is 5.41 Å². The first-order chi connectivity index (χ1) is 7.44. The molecule has 1 heterocycles. The Morgan fingerprint density at radius 1 is 1.25 bits per heavy atom. The Balaban J connectivity index is 2.61. The van der Waals surface area contributed by atoms with Gasteiger partial charge in [0.2, 0.25) is 0 Å². The minimum atomic E-state index is -0.861. The van der Waals surface area contributed by atoms with Gasteiger partial charge in [0.25, 0.3) is 0 Å². The number of aromatic nitrogens is 2. The Hall–Kier alpha value is -1.45. The summed E-state index contributed by atoms with van der Waals surface area (Å²) in [5.74, 6) is -0.952. The Kier molecular flexibility index (Phi) is 2.45. The molecule has 0 bridgehead atoms. The Morgan fingerprint density at radius 2 is 1.88 bits per heavy atom. The Labute approximate surface area is 92.7 Å². The van der Waals surface area contributed by atoms with Gasteiger partial charge < -0.3 is 4.98 Å². The molecule has 16 heavy (non-hydrogen) atoms. The van der Waals surface area contributed by atoms with E-state index in [4.69, 9.17) is 0 Å². The number of fused-ring (bicyclic) bond motifs is 1. The highest BCUT2D eigenvalue weighted by molar-refractivity contribution is 5.75. The van der Waals surface area contributed by atoms with Gasteiger partial charge in [-0.25, -0.2) is 13.8 Å². The topological polar surface area (TPSA) is 28.7 Å². The fourth-order valence-electron chi connectivity index (χ4n) is 1.49. The van der Waals surface area contributed by atoms with Crippen molar-refractivity contribution < 1.29 is 8.78 Å². The third-order valence-corrected chi connectivity index (χ3v) is 3.05. The predicted octanol–water partition coefficient (Wildman–Crippen LogP) is 3.53. The van der Waals surface area contributed by atoms with Crippen LogP contribution in [0.4, 0.5) is 8.78 Å². The van der Waals surface area contributed by atoms with Crippen molar-refractivity contribution in [3.8, 4) is 0 Å². The van der Waals surface area contributed by atoms with Crippen molar-refractivity contribution in [2.75, 3.05) is 0 Å². The van der Waals surface area contributed by atoms with Crippen molar-refractivity contribution in [3.05, 3.63) is 29.6 Å². The van der Waals surface area contributed by atoms with Crippen LogP contribution < -0.4 is 0 Å². The van der Waals surface area contributed by atoms with Gasteiger partial charge in [-0.3, -0.25) is 0 Å². The molecule has 0 amide bonds. The minimum absolute atomic E-state index is 0.119.